The molecule has 2 unspecified atom stereocenters. The molecule has 1 aliphatic rings. The molecule has 160 valence electrons. The van der Waals surface area contributed by atoms with E-state index in [0.717, 1.165) is 17.7 Å². The largest absolute Gasteiger partial charge is 0.497 e. The zero-order valence-corrected chi connectivity index (χ0v) is 18.0. The second kappa shape index (κ2) is 10.3. The van der Waals surface area contributed by atoms with Crippen LogP contribution in [-0.2, 0) is 16.0 Å². The average molecular weight is 410 g/mol. The number of hydrogen-bond acceptors (Lipinski definition) is 4. The number of amides is 2. The summed E-state index contributed by atoms with van der Waals surface area (Å²) in [6.45, 7) is 1.62. The second-order valence-electron chi connectivity index (χ2n) is 7.98. The normalized spacial score (nSPS) is 17.3. The molecule has 2 amide bonds. The van der Waals surface area contributed by atoms with Gasteiger partial charge in [-0.1, -0.05) is 42.5 Å². The van der Waals surface area contributed by atoms with Gasteiger partial charge >= 0.3 is 0 Å². The van der Waals surface area contributed by atoms with E-state index in [-0.39, 0.29) is 30.2 Å². The van der Waals surface area contributed by atoms with Crippen LogP contribution in [-0.4, -0.2) is 62.5 Å². The summed E-state index contributed by atoms with van der Waals surface area (Å²) in [5.41, 5.74) is 2.27. The Balaban J connectivity index is 1.54. The van der Waals surface area contributed by atoms with E-state index in [1.807, 2.05) is 61.5 Å². The first-order valence-corrected chi connectivity index (χ1v) is 10.4. The monoisotopic (exact) mass is 409 g/mol. The van der Waals surface area contributed by atoms with E-state index in [2.05, 4.69) is 22.3 Å². The van der Waals surface area contributed by atoms with Crippen molar-refractivity contribution in [3.05, 3.63) is 65.7 Å². The molecular weight excluding hydrogens is 378 g/mol. The number of ether oxygens (including phenoxy) is 1. The van der Waals surface area contributed by atoms with E-state index in [9.17, 15) is 9.59 Å². The first-order chi connectivity index (χ1) is 14.5. The topological polar surface area (TPSA) is 61.9 Å². The van der Waals surface area contributed by atoms with Gasteiger partial charge in [0.2, 0.25) is 11.8 Å². The molecule has 1 aliphatic heterocycles. The molecule has 1 saturated heterocycles. The maximum Gasteiger partial charge on any atom is 0.225 e. The lowest BCUT2D eigenvalue weighted by atomic mass is 10.0. The van der Waals surface area contributed by atoms with Crippen molar-refractivity contribution >= 4 is 11.8 Å². The number of carbonyl (C=O) groups excluding carboxylic acids is 2. The quantitative estimate of drug-likeness (QED) is 0.691. The number of nitrogens with zero attached hydrogens (tertiary/aromatic N) is 2. The standard InChI is InChI=1S/C24H31N3O3/c1-26(2)22(19-10-7-11-21(14-19)30-3)16-25-24(29)20-15-23(28)27(17-20)13-12-18-8-5-4-6-9-18/h4-11,14,20,22H,12-13,15-17H2,1-3H3,(H,25,29). The third-order valence-corrected chi connectivity index (χ3v) is 5.67. The first kappa shape index (κ1) is 21.8. The van der Waals surface area contributed by atoms with Gasteiger partial charge in [-0.2, -0.15) is 0 Å². The summed E-state index contributed by atoms with van der Waals surface area (Å²) >= 11 is 0. The van der Waals surface area contributed by atoms with Crippen molar-refractivity contribution < 1.29 is 14.3 Å². The predicted molar refractivity (Wildman–Crippen MR) is 117 cm³/mol. The van der Waals surface area contributed by atoms with Crippen molar-refractivity contribution in [3.63, 3.8) is 0 Å². The number of benzene rings is 2. The lowest BCUT2D eigenvalue weighted by Gasteiger charge is -2.26. The highest BCUT2D eigenvalue weighted by molar-refractivity contribution is 5.89. The van der Waals surface area contributed by atoms with Crippen molar-refractivity contribution in [1.29, 1.82) is 0 Å². The molecule has 0 spiro atoms. The molecule has 0 saturated carbocycles. The molecule has 1 N–H and O–H groups in total. The molecule has 2 aromatic carbocycles. The Morgan fingerprint density at radius 1 is 1.20 bits per heavy atom. The van der Waals surface area contributed by atoms with Crippen LogP contribution in [0.4, 0.5) is 0 Å². The van der Waals surface area contributed by atoms with Gasteiger partial charge in [0.15, 0.2) is 0 Å². The average Bonchev–Trinajstić information content (AvgIpc) is 3.13. The summed E-state index contributed by atoms with van der Waals surface area (Å²) in [6.07, 6.45) is 1.09. The summed E-state index contributed by atoms with van der Waals surface area (Å²) in [7, 11) is 5.62. The number of methoxy groups -OCH3 is 1. The third-order valence-electron chi connectivity index (χ3n) is 5.67. The highest BCUT2D eigenvalue weighted by atomic mass is 16.5. The summed E-state index contributed by atoms with van der Waals surface area (Å²) in [6, 6.07) is 18.0. The van der Waals surface area contributed by atoms with Crippen molar-refractivity contribution in [2.24, 2.45) is 5.92 Å². The highest BCUT2D eigenvalue weighted by Gasteiger charge is 2.34. The van der Waals surface area contributed by atoms with Crippen LogP contribution in [0.5, 0.6) is 5.75 Å². The predicted octanol–water partition coefficient (Wildman–Crippen LogP) is 2.51. The van der Waals surface area contributed by atoms with Gasteiger partial charge in [0.05, 0.1) is 19.1 Å². The number of hydrogen-bond donors (Lipinski definition) is 1. The van der Waals surface area contributed by atoms with E-state index in [4.69, 9.17) is 4.74 Å². The van der Waals surface area contributed by atoms with Crippen LogP contribution in [0.2, 0.25) is 0 Å². The van der Waals surface area contributed by atoms with Crippen molar-refractivity contribution in [1.82, 2.24) is 15.1 Å². The van der Waals surface area contributed by atoms with E-state index in [1.165, 1.54) is 5.56 Å². The maximum atomic E-state index is 12.8. The molecule has 2 aromatic rings. The Bertz CT molecular complexity index is 854. The zero-order chi connectivity index (χ0) is 21.5. The zero-order valence-electron chi connectivity index (χ0n) is 18.0. The lowest BCUT2D eigenvalue weighted by molar-refractivity contribution is -0.129. The molecule has 0 aromatic heterocycles. The van der Waals surface area contributed by atoms with Crippen LogP contribution in [0.1, 0.15) is 23.6 Å². The fraction of sp³-hybridized carbons (Fsp3) is 0.417. The Morgan fingerprint density at radius 2 is 1.97 bits per heavy atom. The van der Waals surface area contributed by atoms with Crippen LogP contribution in [0.3, 0.4) is 0 Å². The van der Waals surface area contributed by atoms with Crippen LogP contribution >= 0.6 is 0 Å². The molecule has 0 aliphatic carbocycles. The Labute approximate surface area is 178 Å². The Hall–Kier alpha value is -2.86. The van der Waals surface area contributed by atoms with Crippen LogP contribution in [0.15, 0.2) is 54.6 Å². The minimum atomic E-state index is -0.290. The smallest absolute Gasteiger partial charge is 0.225 e. The minimum Gasteiger partial charge on any atom is -0.497 e. The molecule has 1 heterocycles. The highest BCUT2D eigenvalue weighted by Crippen LogP contribution is 2.23. The second-order valence-corrected chi connectivity index (χ2v) is 7.98. The van der Waals surface area contributed by atoms with Crippen molar-refractivity contribution in [3.8, 4) is 5.75 Å². The number of carbonyl (C=O) groups is 2. The molecule has 30 heavy (non-hydrogen) atoms. The van der Waals surface area contributed by atoms with Gasteiger partial charge in [0, 0.05) is 26.1 Å². The van der Waals surface area contributed by atoms with Gasteiger partial charge in [-0.15, -0.1) is 0 Å². The number of nitrogens with one attached hydrogen (secondary N) is 1. The molecular formula is C24H31N3O3. The fourth-order valence-corrected chi connectivity index (χ4v) is 3.86. The van der Waals surface area contributed by atoms with E-state index >= 15 is 0 Å². The Kier molecular flexibility index (Phi) is 7.46. The molecule has 0 bridgehead atoms. The van der Waals surface area contributed by atoms with Crippen LogP contribution in [0.25, 0.3) is 0 Å². The van der Waals surface area contributed by atoms with E-state index < -0.39 is 0 Å². The summed E-state index contributed by atoms with van der Waals surface area (Å²) in [5, 5.41) is 3.06. The molecule has 6 nitrogen and oxygen atoms in total. The molecule has 6 heteroatoms. The Morgan fingerprint density at radius 3 is 2.67 bits per heavy atom. The van der Waals surface area contributed by atoms with Crippen LogP contribution < -0.4 is 10.1 Å². The maximum absolute atomic E-state index is 12.8. The number of likely N-dealkylation sites (N-methyl/N-ethyl adjacent to an activating group) is 1. The van der Waals surface area contributed by atoms with Gasteiger partial charge in [-0.05, 0) is 43.8 Å². The molecule has 0 radical (unpaired) electrons. The number of rotatable bonds is 9. The lowest BCUT2D eigenvalue weighted by Crippen LogP contribution is -2.38. The SMILES string of the molecule is COc1cccc(C(CNC(=O)C2CC(=O)N(CCc3ccccc3)C2)N(C)C)c1. The summed E-state index contributed by atoms with van der Waals surface area (Å²) < 4.78 is 5.32. The van der Waals surface area contributed by atoms with Crippen molar-refractivity contribution in [2.45, 2.75) is 18.9 Å². The number of likely N-dealkylation sites (tertiary alicyclic amines) is 1. The first-order valence-electron chi connectivity index (χ1n) is 10.4. The fourth-order valence-electron chi connectivity index (χ4n) is 3.86. The van der Waals surface area contributed by atoms with E-state index in [1.54, 1.807) is 7.11 Å². The van der Waals surface area contributed by atoms with Gasteiger partial charge in [-0.3, -0.25) is 9.59 Å². The summed E-state index contributed by atoms with van der Waals surface area (Å²) in [5.74, 6) is 0.505. The minimum absolute atomic E-state index is 0.0235. The van der Waals surface area contributed by atoms with Gasteiger partial charge in [0.25, 0.3) is 0 Å². The third kappa shape index (κ3) is 5.60. The molecule has 3 rings (SSSR count). The molecule has 1 fully saturated rings. The van der Waals surface area contributed by atoms with E-state index in [0.29, 0.717) is 19.6 Å². The van der Waals surface area contributed by atoms with Gasteiger partial charge in [-0.25, -0.2) is 0 Å². The van der Waals surface area contributed by atoms with Gasteiger partial charge < -0.3 is 19.9 Å². The van der Waals surface area contributed by atoms with Crippen LogP contribution in [0, 0.1) is 5.92 Å². The van der Waals surface area contributed by atoms with Gasteiger partial charge in [0.1, 0.15) is 5.75 Å². The van der Waals surface area contributed by atoms with Crippen molar-refractivity contribution in [2.75, 3.05) is 40.8 Å². The molecule has 2 atom stereocenters. The summed E-state index contributed by atoms with van der Waals surface area (Å²) in [4.78, 5) is 29.0.